The Bertz CT molecular complexity index is 447. The molecule has 14 heavy (non-hydrogen) atoms. The number of nitrogens with one attached hydrogen (secondary N) is 2. The zero-order chi connectivity index (χ0) is 9.80. The molecule has 2 rings (SSSR count). The molecule has 0 radical (unpaired) electrons. The van der Waals surface area contributed by atoms with E-state index < -0.39 is 0 Å². The molecule has 0 saturated heterocycles. The van der Waals surface area contributed by atoms with Crippen molar-refractivity contribution in [2.75, 3.05) is 5.32 Å². The number of hydrogen-bond donors (Lipinski definition) is 2. The Balaban J connectivity index is 2.06. The molecule has 5 nitrogen and oxygen atoms in total. The molecule has 0 saturated carbocycles. The lowest BCUT2D eigenvalue weighted by atomic mass is 10.3. The molecule has 0 atom stereocenters. The molecule has 0 bridgehead atoms. The van der Waals surface area contributed by atoms with Crippen LogP contribution in [0, 0.1) is 0 Å². The number of nitrogens with zero attached hydrogens (tertiary/aromatic N) is 1. The lowest BCUT2D eigenvalue weighted by Crippen LogP contribution is -2.14. The standard InChI is InChI=1S/C9H9N3O2/c13-9-8(10-2-3-11-9)12-5-7-1-4-14-6-7/h1-4,6H,5H2,(H,10,12)(H,11,13). The largest absolute Gasteiger partial charge is 0.472 e. The molecule has 0 unspecified atom stereocenters. The van der Waals surface area contributed by atoms with Gasteiger partial charge in [0, 0.05) is 24.5 Å². The third-order valence-electron chi connectivity index (χ3n) is 1.75. The summed E-state index contributed by atoms with van der Waals surface area (Å²) in [6.45, 7) is 0.524. The second-order valence-electron chi connectivity index (χ2n) is 2.75. The van der Waals surface area contributed by atoms with Crippen LogP contribution in [0.15, 0.2) is 40.2 Å². The summed E-state index contributed by atoms with van der Waals surface area (Å²) < 4.78 is 4.89. The molecule has 5 heteroatoms. The summed E-state index contributed by atoms with van der Waals surface area (Å²) >= 11 is 0. The van der Waals surface area contributed by atoms with Gasteiger partial charge in [-0.15, -0.1) is 0 Å². The Morgan fingerprint density at radius 2 is 2.50 bits per heavy atom. The molecule has 2 aromatic rings. The summed E-state index contributed by atoms with van der Waals surface area (Å²) in [6.07, 6.45) is 6.22. The highest BCUT2D eigenvalue weighted by atomic mass is 16.3. The Hall–Kier alpha value is -2.04. The Labute approximate surface area is 79.8 Å². The minimum Gasteiger partial charge on any atom is -0.472 e. The van der Waals surface area contributed by atoms with Crippen molar-refractivity contribution in [3.05, 3.63) is 46.9 Å². The fourth-order valence-electron chi connectivity index (χ4n) is 1.06. The molecule has 0 aliphatic carbocycles. The maximum Gasteiger partial charge on any atom is 0.290 e. The second-order valence-corrected chi connectivity index (χ2v) is 2.75. The zero-order valence-electron chi connectivity index (χ0n) is 7.36. The molecule has 0 aliphatic rings. The van der Waals surface area contributed by atoms with Gasteiger partial charge in [0.05, 0.1) is 12.5 Å². The van der Waals surface area contributed by atoms with Crippen molar-refractivity contribution in [1.82, 2.24) is 9.97 Å². The van der Waals surface area contributed by atoms with Crippen molar-refractivity contribution in [3.63, 3.8) is 0 Å². The zero-order valence-corrected chi connectivity index (χ0v) is 7.36. The summed E-state index contributed by atoms with van der Waals surface area (Å²) in [6, 6.07) is 1.82. The van der Waals surface area contributed by atoms with E-state index >= 15 is 0 Å². The normalized spacial score (nSPS) is 10.0. The Morgan fingerprint density at radius 1 is 1.57 bits per heavy atom. The average molecular weight is 191 g/mol. The maximum atomic E-state index is 11.2. The van der Waals surface area contributed by atoms with Crippen LogP contribution in [0.4, 0.5) is 5.82 Å². The summed E-state index contributed by atoms with van der Waals surface area (Å²) in [5.74, 6) is 0.314. The van der Waals surface area contributed by atoms with Crippen LogP contribution in [0.25, 0.3) is 0 Å². The summed E-state index contributed by atoms with van der Waals surface area (Å²) in [4.78, 5) is 17.6. The lowest BCUT2D eigenvalue weighted by molar-refractivity contribution is 0.564. The molecule has 0 aliphatic heterocycles. The van der Waals surface area contributed by atoms with Gasteiger partial charge in [-0.05, 0) is 6.07 Å². The molecular formula is C9H9N3O2. The summed E-state index contributed by atoms with van der Waals surface area (Å²) in [5.41, 5.74) is 0.742. The summed E-state index contributed by atoms with van der Waals surface area (Å²) in [5, 5.41) is 2.90. The van der Waals surface area contributed by atoms with Gasteiger partial charge in [0.15, 0.2) is 5.82 Å². The van der Waals surface area contributed by atoms with E-state index in [0.717, 1.165) is 5.56 Å². The minimum atomic E-state index is -0.226. The number of furan rings is 1. The van der Waals surface area contributed by atoms with Gasteiger partial charge in [0.1, 0.15) is 0 Å². The predicted molar refractivity (Wildman–Crippen MR) is 50.9 cm³/mol. The van der Waals surface area contributed by atoms with Crippen LogP contribution in [-0.2, 0) is 6.54 Å². The third kappa shape index (κ3) is 1.82. The monoisotopic (exact) mass is 191 g/mol. The molecule has 0 aromatic carbocycles. The van der Waals surface area contributed by atoms with Crippen molar-refractivity contribution in [2.24, 2.45) is 0 Å². The van der Waals surface area contributed by atoms with Gasteiger partial charge in [-0.3, -0.25) is 4.79 Å². The molecule has 0 spiro atoms. The molecule has 2 aromatic heterocycles. The highest BCUT2D eigenvalue weighted by Gasteiger charge is 1.99. The third-order valence-corrected chi connectivity index (χ3v) is 1.75. The number of anilines is 1. The van der Waals surface area contributed by atoms with Crippen LogP contribution in [0.2, 0.25) is 0 Å². The van der Waals surface area contributed by atoms with E-state index in [1.165, 1.54) is 12.4 Å². The average Bonchev–Trinajstić information content (AvgIpc) is 2.69. The molecule has 0 fully saturated rings. The van der Waals surface area contributed by atoms with Crippen molar-refractivity contribution < 1.29 is 4.42 Å². The fraction of sp³-hybridized carbons (Fsp3) is 0.111. The number of aromatic nitrogens is 2. The SMILES string of the molecule is O=c1[nH]ccnc1NCc1ccoc1. The number of H-pyrrole nitrogens is 1. The van der Waals surface area contributed by atoms with Crippen LogP contribution >= 0.6 is 0 Å². The van der Waals surface area contributed by atoms with Crippen molar-refractivity contribution >= 4 is 5.82 Å². The van der Waals surface area contributed by atoms with Crippen molar-refractivity contribution in [1.29, 1.82) is 0 Å². The van der Waals surface area contributed by atoms with E-state index in [2.05, 4.69) is 15.3 Å². The molecular weight excluding hydrogens is 182 g/mol. The smallest absolute Gasteiger partial charge is 0.290 e. The van der Waals surface area contributed by atoms with E-state index in [1.54, 1.807) is 12.5 Å². The van der Waals surface area contributed by atoms with Crippen molar-refractivity contribution in [2.45, 2.75) is 6.54 Å². The lowest BCUT2D eigenvalue weighted by Gasteiger charge is -2.00. The van der Waals surface area contributed by atoms with Gasteiger partial charge in [-0.1, -0.05) is 0 Å². The predicted octanol–water partition coefficient (Wildman–Crippen LogP) is 0.975. The van der Waals surface area contributed by atoms with Gasteiger partial charge < -0.3 is 14.7 Å². The van der Waals surface area contributed by atoms with Crippen LogP contribution in [0.1, 0.15) is 5.56 Å². The molecule has 2 heterocycles. The van der Waals surface area contributed by atoms with E-state index in [4.69, 9.17) is 4.42 Å². The van der Waals surface area contributed by atoms with Gasteiger partial charge in [0.2, 0.25) is 0 Å². The molecule has 0 amide bonds. The number of rotatable bonds is 3. The van der Waals surface area contributed by atoms with E-state index in [1.807, 2.05) is 6.07 Å². The van der Waals surface area contributed by atoms with Crippen LogP contribution in [0.3, 0.4) is 0 Å². The highest BCUT2D eigenvalue weighted by molar-refractivity contribution is 5.31. The number of aromatic amines is 1. The second kappa shape index (κ2) is 3.78. The first kappa shape index (κ1) is 8.55. The topological polar surface area (TPSA) is 70.9 Å². The highest BCUT2D eigenvalue weighted by Crippen LogP contribution is 2.01. The van der Waals surface area contributed by atoms with Gasteiger partial charge in [0.25, 0.3) is 5.56 Å². The summed E-state index contributed by atoms with van der Waals surface area (Å²) in [7, 11) is 0. The van der Waals surface area contributed by atoms with Crippen LogP contribution in [0.5, 0.6) is 0 Å². The van der Waals surface area contributed by atoms with Crippen LogP contribution in [-0.4, -0.2) is 9.97 Å². The first-order valence-corrected chi connectivity index (χ1v) is 4.15. The molecule has 72 valence electrons. The Morgan fingerprint density at radius 3 is 3.21 bits per heavy atom. The first-order chi connectivity index (χ1) is 6.86. The Kier molecular flexibility index (Phi) is 2.31. The van der Waals surface area contributed by atoms with Crippen LogP contribution < -0.4 is 10.9 Å². The van der Waals surface area contributed by atoms with Gasteiger partial charge >= 0.3 is 0 Å². The molecule has 2 N–H and O–H groups in total. The fourth-order valence-corrected chi connectivity index (χ4v) is 1.06. The number of hydrogen-bond acceptors (Lipinski definition) is 4. The van der Waals surface area contributed by atoms with E-state index in [-0.39, 0.29) is 5.56 Å². The van der Waals surface area contributed by atoms with Gasteiger partial charge in [-0.2, -0.15) is 0 Å². The van der Waals surface area contributed by atoms with Crippen molar-refractivity contribution in [3.8, 4) is 0 Å². The quantitative estimate of drug-likeness (QED) is 0.758. The van der Waals surface area contributed by atoms with E-state index in [9.17, 15) is 4.79 Å². The first-order valence-electron chi connectivity index (χ1n) is 4.15. The van der Waals surface area contributed by atoms with Gasteiger partial charge in [-0.25, -0.2) is 4.98 Å². The minimum absolute atomic E-state index is 0.226. The maximum absolute atomic E-state index is 11.2. The van der Waals surface area contributed by atoms with E-state index in [0.29, 0.717) is 12.4 Å².